The summed E-state index contributed by atoms with van der Waals surface area (Å²) in [6, 6.07) is 38.2. The van der Waals surface area contributed by atoms with Crippen molar-refractivity contribution in [1.29, 1.82) is 0 Å². The van der Waals surface area contributed by atoms with E-state index in [9.17, 15) is 14.4 Å². The number of amides is 2. The molecule has 42 heavy (non-hydrogen) atoms. The number of hydrogen-bond donors (Lipinski definition) is 0. The van der Waals surface area contributed by atoms with Crippen molar-refractivity contribution in [3.05, 3.63) is 144 Å². The predicted octanol–water partition coefficient (Wildman–Crippen LogP) is 6.11. The average Bonchev–Trinajstić information content (AvgIpc) is 3.36. The molecule has 4 aromatic carbocycles. The van der Waals surface area contributed by atoms with Gasteiger partial charge in [0.05, 0.1) is 32.1 Å². The van der Waals surface area contributed by atoms with Crippen molar-refractivity contribution < 1.29 is 28.6 Å². The van der Waals surface area contributed by atoms with Gasteiger partial charge in [-0.15, -0.1) is 0 Å². The Morgan fingerprint density at radius 1 is 0.762 bits per heavy atom. The minimum Gasteiger partial charge on any atom is -0.469 e. The maximum atomic E-state index is 13.5. The lowest BCUT2D eigenvalue weighted by molar-refractivity contribution is -0.144. The average molecular weight is 564 g/mol. The van der Waals surface area contributed by atoms with Crippen LogP contribution in [0.15, 0.2) is 121 Å². The molecule has 0 saturated carbocycles. The van der Waals surface area contributed by atoms with E-state index in [0.29, 0.717) is 0 Å². The van der Waals surface area contributed by atoms with Gasteiger partial charge in [0.1, 0.15) is 12.2 Å². The number of benzene rings is 4. The number of hydrogen-bond acceptors (Lipinski definition) is 6. The Hall–Kier alpha value is -4.75. The van der Waals surface area contributed by atoms with Gasteiger partial charge >= 0.3 is 12.1 Å². The molecule has 0 radical (unpaired) electrons. The first-order chi connectivity index (χ1) is 20.5. The highest BCUT2D eigenvalue weighted by Gasteiger charge is 2.47. The Kier molecular flexibility index (Phi) is 9.09. The molecule has 4 aromatic rings. The largest absolute Gasteiger partial charge is 0.469 e. The van der Waals surface area contributed by atoms with Crippen molar-refractivity contribution in [2.45, 2.75) is 31.1 Å². The molecule has 0 aliphatic carbocycles. The van der Waals surface area contributed by atoms with Crippen LogP contribution in [0.4, 0.5) is 4.79 Å². The summed E-state index contributed by atoms with van der Waals surface area (Å²) in [5, 5.41) is 0. The molecule has 0 bridgehead atoms. The van der Waals surface area contributed by atoms with E-state index in [-0.39, 0.29) is 26.1 Å². The van der Waals surface area contributed by atoms with Crippen molar-refractivity contribution in [3.63, 3.8) is 0 Å². The molecule has 1 fully saturated rings. The quantitative estimate of drug-likeness (QED) is 0.171. The molecule has 214 valence electrons. The van der Waals surface area contributed by atoms with Crippen molar-refractivity contribution in [2.75, 3.05) is 13.7 Å². The summed E-state index contributed by atoms with van der Waals surface area (Å²) in [6.07, 6.45) is -0.659. The van der Waals surface area contributed by atoms with Crippen LogP contribution in [0.2, 0.25) is 0 Å². The third kappa shape index (κ3) is 6.11. The summed E-state index contributed by atoms with van der Waals surface area (Å²) in [4.78, 5) is 40.2. The van der Waals surface area contributed by atoms with E-state index in [2.05, 4.69) is 0 Å². The first kappa shape index (κ1) is 28.8. The third-order valence-corrected chi connectivity index (χ3v) is 7.58. The van der Waals surface area contributed by atoms with Crippen LogP contribution in [-0.4, -0.2) is 42.6 Å². The van der Waals surface area contributed by atoms with Crippen LogP contribution in [0, 0.1) is 5.92 Å². The Balaban J connectivity index is 1.49. The van der Waals surface area contributed by atoms with Gasteiger partial charge in [0.15, 0.2) is 0 Å². The van der Waals surface area contributed by atoms with Crippen LogP contribution in [0.25, 0.3) is 0 Å². The molecule has 2 amide bonds. The molecule has 1 aliphatic heterocycles. The first-order valence-corrected chi connectivity index (χ1v) is 13.9. The highest BCUT2D eigenvalue weighted by molar-refractivity contribution is 5.97. The zero-order valence-corrected chi connectivity index (χ0v) is 23.4. The highest BCUT2D eigenvalue weighted by atomic mass is 16.6. The number of esters is 1. The van der Waals surface area contributed by atoms with E-state index in [1.807, 2.05) is 121 Å². The summed E-state index contributed by atoms with van der Waals surface area (Å²) in [7, 11) is 1.28. The van der Waals surface area contributed by atoms with E-state index in [1.165, 1.54) is 7.11 Å². The second-order valence-electron chi connectivity index (χ2n) is 10.2. The number of likely N-dealkylation sites (tertiary alicyclic amines) is 1. The number of carbonyl (C=O) groups excluding carboxylic acids is 3. The van der Waals surface area contributed by atoms with Crippen molar-refractivity contribution in [3.8, 4) is 0 Å². The number of ether oxygens (including phenoxy) is 3. The Morgan fingerprint density at radius 2 is 1.24 bits per heavy atom. The second kappa shape index (κ2) is 13.3. The summed E-state index contributed by atoms with van der Waals surface area (Å²) < 4.78 is 17.3. The molecule has 7 heteroatoms. The molecule has 5 rings (SSSR count). The molecule has 2 atom stereocenters. The minimum absolute atomic E-state index is 0.0146. The Morgan fingerprint density at radius 3 is 1.71 bits per heavy atom. The highest BCUT2D eigenvalue weighted by Crippen LogP contribution is 2.41. The smallest absolute Gasteiger partial charge is 0.417 e. The lowest BCUT2D eigenvalue weighted by Gasteiger charge is -2.37. The number of nitrogens with zero attached hydrogens (tertiary/aromatic N) is 1. The van der Waals surface area contributed by atoms with Crippen LogP contribution in [0.1, 0.15) is 35.1 Å². The van der Waals surface area contributed by atoms with Crippen molar-refractivity contribution >= 4 is 18.0 Å². The van der Waals surface area contributed by atoms with Gasteiger partial charge < -0.3 is 14.2 Å². The molecule has 0 spiro atoms. The summed E-state index contributed by atoms with van der Waals surface area (Å²) in [5.74, 6) is -1.72. The van der Waals surface area contributed by atoms with E-state index in [0.717, 1.165) is 27.2 Å². The lowest BCUT2D eigenvalue weighted by Crippen LogP contribution is -2.44. The number of carbonyl (C=O) groups is 3. The zero-order valence-electron chi connectivity index (χ0n) is 23.4. The van der Waals surface area contributed by atoms with Crippen LogP contribution >= 0.6 is 0 Å². The molecule has 0 aromatic heterocycles. The molecule has 1 saturated heterocycles. The molecule has 0 unspecified atom stereocenters. The van der Waals surface area contributed by atoms with E-state index in [1.54, 1.807) is 0 Å². The van der Waals surface area contributed by atoms with Gasteiger partial charge in [-0.3, -0.25) is 9.59 Å². The Labute approximate surface area is 245 Å². The van der Waals surface area contributed by atoms with E-state index >= 15 is 0 Å². The summed E-state index contributed by atoms with van der Waals surface area (Å²) >= 11 is 0. The predicted molar refractivity (Wildman–Crippen MR) is 157 cm³/mol. The normalized spacial score (nSPS) is 16.7. The fourth-order valence-electron chi connectivity index (χ4n) is 5.53. The first-order valence-electron chi connectivity index (χ1n) is 13.9. The van der Waals surface area contributed by atoms with Gasteiger partial charge in [-0.2, -0.15) is 0 Å². The molecule has 1 heterocycles. The van der Waals surface area contributed by atoms with Gasteiger partial charge in [-0.25, -0.2) is 9.69 Å². The fourth-order valence-corrected chi connectivity index (χ4v) is 5.53. The van der Waals surface area contributed by atoms with Crippen LogP contribution in [0.5, 0.6) is 0 Å². The molecular formula is C35H33NO6. The van der Waals surface area contributed by atoms with Crippen LogP contribution in [0.3, 0.4) is 0 Å². The van der Waals surface area contributed by atoms with E-state index in [4.69, 9.17) is 14.2 Å². The fraction of sp³-hybridized carbons (Fsp3) is 0.229. The van der Waals surface area contributed by atoms with Crippen LogP contribution in [-0.2, 0) is 36.0 Å². The van der Waals surface area contributed by atoms with Gasteiger partial charge in [-0.1, -0.05) is 121 Å². The van der Waals surface area contributed by atoms with Gasteiger partial charge in [0.25, 0.3) is 0 Å². The van der Waals surface area contributed by atoms with Gasteiger partial charge in [-0.05, 0) is 28.7 Å². The number of imide groups is 1. The minimum atomic E-state index is -1.03. The maximum Gasteiger partial charge on any atom is 0.417 e. The Bertz CT molecular complexity index is 1380. The molecule has 1 aliphatic rings. The molecule has 7 nitrogen and oxygen atoms in total. The third-order valence-electron chi connectivity index (χ3n) is 7.58. The maximum absolute atomic E-state index is 13.5. The topological polar surface area (TPSA) is 82.1 Å². The second-order valence-corrected chi connectivity index (χ2v) is 10.2. The van der Waals surface area contributed by atoms with Gasteiger partial charge in [0.2, 0.25) is 5.91 Å². The monoisotopic (exact) mass is 563 g/mol. The zero-order chi connectivity index (χ0) is 29.4. The number of rotatable bonds is 10. The lowest BCUT2D eigenvalue weighted by atomic mass is 9.80. The SMILES string of the molecule is COC(=O)C[C@H]1C[C@@H](COC(c2ccccc2)(c2ccccc2)c2ccccc2)N(C(=O)OCc2ccccc2)C1=O. The van der Waals surface area contributed by atoms with Crippen molar-refractivity contribution in [1.82, 2.24) is 4.90 Å². The molecule has 0 N–H and O–H groups in total. The summed E-state index contributed by atoms with van der Waals surface area (Å²) in [6.45, 7) is 0.0310. The van der Waals surface area contributed by atoms with Crippen molar-refractivity contribution in [2.24, 2.45) is 5.92 Å². The standard InChI is InChI=1S/C35H33NO6/c1-40-32(37)23-27-22-31(36(33(27)38)34(39)41-24-26-14-6-2-7-15-26)25-42-35(28-16-8-3-9-17-28,29-18-10-4-11-19-29)30-20-12-5-13-21-30/h2-21,27,31H,22-25H2,1H3/t27-,31+/m1/s1. The van der Waals surface area contributed by atoms with Crippen LogP contribution < -0.4 is 0 Å². The van der Waals surface area contributed by atoms with E-state index < -0.39 is 35.5 Å². The number of methoxy groups -OCH3 is 1. The van der Waals surface area contributed by atoms with Gasteiger partial charge in [0, 0.05) is 0 Å². The summed E-state index contributed by atoms with van der Waals surface area (Å²) in [5.41, 5.74) is 2.46. The molecular weight excluding hydrogens is 530 g/mol.